The molecule has 0 unspecified atom stereocenters. The summed E-state index contributed by atoms with van der Waals surface area (Å²) in [6.07, 6.45) is 5.77. The van der Waals surface area contributed by atoms with Gasteiger partial charge in [-0.25, -0.2) is 9.50 Å². The van der Waals surface area contributed by atoms with Crippen LogP contribution >= 0.6 is 0 Å². The molecule has 3 nitrogen and oxygen atoms in total. The van der Waals surface area contributed by atoms with Crippen molar-refractivity contribution in [1.29, 1.82) is 0 Å². The topological polar surface area (TPSA) is 30.2 Å². The van der Waals surface area contributed by atoms with Gasteiger partial charge >= 0.3 is 0 Å². The van der Waals surface area contributed by atoms with Gasteiger partial charge in [-0.3, -0.25) is 0 Å². The van der Waals surface area contributed by atoms with Crippen LogP contribution < -0.4 is 0 Å². The first-order chi connectivity index (χ1) is 6.18. The summed E-state index contributed by atoms with van der Waals surface area (Å²) in [6.45, 7) is 6.32. The smallest absolute Gasteiger partial charge is 0.158 e. The fourth-order valence-electron chi connectivity index (χ4n) is 1.39. The molecule has 0 aliphatic heterocycles. The van der Waals surface area contributed by atoms with E-state index >= 15 is 0 Å². The van der Waals surface area contributed by atoms with Crippen molar-refractivity contribution in [3.8, 4) is 0 Å². The third-order valence-corrected chi connectivity index (χ3v) is 2.13. The summed E-state index contributed by atoms with van der Waals surface area (Å²) in [5, 5.41) is 4.25. The summed E-state index contributed by atoms with van der Waals surface area (Å²) in [4.78, 5) is 4.36. The normalized spacial score (nSPS) is 11.4. The third kappa shape index (κ3) is 1.30. The molecule has 0 aliphatic carbocycles. The lowest BCUT2D eigenvalue weighted by Gasteiger charge is -2.00. The zero-order chi connectivity index (χ0) is 9.42. The highest BCUT2D eigenvalue weighted by Gasteiger charge is 2.07. The van der Waals surface area contributed by atoms with Crippen molar-refractivity contribution in [3.63, 3.8) is 0 Å². The average molecular weight is 175 g/mol. The van der Waals surface area contributed by atoms with Crippen LogP contribution in [0.1, 0.15) is 30.9 Å². The van der Waals surface area contributed by atoms with Gasteiger partial charge in [0.25, 0.3) is 0 Å². The molecule has 0 spiro atoms. The molecule has 2 heterocycles. The number of fused-ring (bicyclic) bond motifs is 1. The standard InChI is InChI=1S/C10H13N3/c1-7(2)9-5-12-13-6-8(3)4-11-10(9)13/h4-7H,1-3H3. The molecule has 0 aliphatic rings. The van der Waals surface area contributed by atoms with Gasteiger partial charge in [0.2, 0.25) is 0 Å². The Morgan fingerprint density at radius 2 is 2.08 bits per heavy atom. The first-order valence-electron chi connectivity index (χ1n) is 4.48. The summed E-state index contributed by atoms with van der Waals surface area (Å²) < 4.78 is 1.84. The first-order valence-corrected chi connectivity index (χ1v) is 4.48. The predicted octanol–water partition coefficient (Wildman–Crippen LogP) is 2.16. The van der Waals surface area contributed by atoms with E-state index in [-0.39, 0.29) is 0 Å². The lowest BCUT2D eigenvalue weighted by molar-refractivity contribution is 0.871. The lowest BCUT2D eigenvalue weighted by atomic mass is 10.1. The van der Waals surface area contributed by atoms with Gasteiger partial charge in [0.15, 0.2) is 5.65 Å². The van der Waals surface area contributed by atoms with Crippen LogP contribution in [0.3, 0.4) is 0 Å². The average Bonchev–Trinajstić information content (AvgIpc) is 2.46. The minimum absolute atomic E-state index is 0.479. The van der Waals surface area contributed by atoms with Crippen LogP contribution in [-0.4, -0.2) is 14.6 Å². The van der Waals surface area contributed by atoms with E-state index in [0.717, 1.165) is 11.2 Å². The molecule has 0 fully saturated rings. The van der Waals surface area contributed by atoms with Gasteiger partial charge in [-0.2, -0.15) is 5.10 Å². The zero-order valence-corrected chi connectivity index (χ0v) is 8.15. The summed E-state index contributed by atoms with van der Waals surface area (Å²) in [6, 6.07) is 0. The Balaban J connectivity index is 2.69. The van der Waals surface area contributed by atoms with E-state index in [9.17, 15) is 0 Å². The summed E-state index contributed by atoms with van der Waals surface area (Å²) >= 11 is 0. The molecule has 0 amide bonds. The Morgan fingerprint density at radius 1 is 1.31 bits per heavy atom. The van der Waals surface area contributed by atoms with Crippen LogP contribution in [0.2, 0.25) is 0 Å². The summed E-state index contributed by atoms with van der Waals surface area (Å²) in [7, 11) is 0. The monoisotopic (exact) mass is 175 g/mol. The van der Waals surface area contributed by atoms with E-state index in [1.54, 1.807) is 0 Å². The van der Waals surface area contributed by atoms with Crippen LogP contribution in [0.25, 0.3) is 5.65 Å². The highest BCUT2D eigenvalue weighted by molar-refractivity contribution is 5.47. The number of hydrogen-bond donors (Lipinski definition) is 0. The van der Waals surface area contributed by atoms with Crippen molar-refractivity contribution in [3.05, 3.63) is 29.7 Å². The maximum Gasteiger partial charge on any atom is 0.158 e. The van der Waals surface area contributed by atoms with Crippen LogP contribution in [0.5, 0.6) is 0 Å². The highest BCUT2D eigenvalue weighted by Crippen LogP contribution is 2.18. The van der Waals surface area contributed by atoms with Gasteiger partial charge in [0.1, 0.15) is 0 Å². The molecule has 0 N–H and O–H groups in total. The number of aryl methyl sites for hydroxylation is 1. The maximum atomic E-state index is 4.36. The van der Waals surface area contributed by atoms with Gasteiger partial charge < -0.3 is 0 Å². The Kier molecular flexibility index (Phi) is 1.79. The first kappa shape index (κ1) is 8.23. The van der Waals surface area contributed by atoms with Crippen LogP contribution in [0, 0.1) is 6.92 Å². The molecule has 0 aromatic carbocycles. The molecule has 13 heavy (non-hydrogen) atoms. The van der Waals surface area contributed by atoms with E-state index in [2.05, 4.69) is 23.9 Å². The number of rotatable bonds is 1. The van der Waals surface area contributed by atoms with Crippen molar-refractivity contribution < 1.29 is 0 Å². The van der Waals surface area contributed by atoms with Crippen molar-refractivity contribution in [2.45, 2.75) is 26.7 Å². The molecular weight excluding hydrogens is 162 g/mol. The highest BCUT2D eigenvalue weighted by atomic mass is 15.2. The van der Waals surface area contributed by atoms with E-state index in [4.69, 9.17) is 0 Å². The summed E-state index contributed by atoms with van der Waals surface area (Å²) in [5.41, 5.74) is 3.31. The molecule has 0 atom stereocenters. The van der Waals surface area contributed by atoms with Crippen molar-refractivity contribution in [1.82, 2.24) is 14.6 Å². The molecule has 0 bridgehead atoms. The fraction of sp³-hybridized carbons (Fsp3) is 0.400. The second-order valence-corrected chi connectivity index (χ2v) is 3.65. The molecule has 0 saturated carbocycles. The Bertz CT molecular complexity index is 429. The van der Waals surface area contributed by atoms with Crippen molar-refractivity contribution in [2.75, 3.05) is 0 Å². The minimum atomic E-state index is 0.479. The Labute approximate surface area is 77.4 Å². The van der Waals surface area contributed by atoms with E-state index in [1.807, 2.05) is 30.0 Å². The second-order valence-electron chi connectivity index (χ2n) is 3.65. The molecular formula is C10H13N3. The van der Waals surface area contributed by atoms with Gasteiger partial charge in [-0.1, -0.05) is 13.8 Å². The second kappa shape index (κ2) is 2.83. The van der Waals surface area contributed by atoms with Gasteiger partial charge in [-0.15, -0.1) is 0 Å². The number of aromatic nitrogens is 3. The molecule has 3 heteroatoms. The summed E-state index contributed by atoms with van der Waals surface area (Å²) in [5.74, 6) is 0.479. The lowest BCUT2D eigenvalue weighted by Crippen LogP contribution is -1.93. The maximum absolute atomic E-state index is 4.36. The van der Waals surface area contributed by atoms with E-state index < -0.39 is 0 Å². The molecule has 68 valence electrons. The Morgan fingerprint density at radius 3 is 2.77 bits per heavy atom. The fourth-order valence-corrected chi connectivity index (χ4v) is 1.39. The Hall–Kier alpha value is -1.38. The van der Waals surface area contributed by atoms with Crippen LogP contribution in [0.4, 0.5) is 0 Å². The predicted molar refractivity (Wildman–Crippen MR) is 51.8 cm³/mol. The number of nitrogens with zero attached hydrogens (tertiary/aromatic N) is 3. The van der Waals surface area contributed by atoms with E-state index in [1.165, 1.54) is 5.56 Å². The van der Waals surface area contributed by atoms with Crippen molar-refractivity contribution >= 4 is 5.65 Å². The molecule has 2 aromatic rings. The van der Waals surface area contributed by atoms with Gasteiger partial charge in [0, 0.05) is 18.0 Å². The minimum Gasteiger partial charge on any atom is -0.236 e. The quantitative estimate of drug-likeness (QED) is 0.664. The SMILES string of the molecule is Cc1cnc2c(C(C)C)cnn2c1. The van der Waals surface area contributed by atoms with Gasteiger partial charge in [-0.05, 0) is 18.4 Å². The molecule has 0 saturated heterocycles. The van der Waals surface area contributed by atoms with Crippen LogP contribution in [-0.2, 0) is 0 Å². The zero-order valence-electron chi connectivity index (χ0n) is 8.15. The molecule has 2 aromatic heterocycles. The van der Waals surface area contributed by atoms with E-state index in [0.29, 0.717) is 5.92 Å². The number of hydrogen-bond acceptors (Lipinski definition) is 2. The molecule has 2 rings (SSSR count). The van der Waals surface area contributed by atoms with Gasteiger partial charge in [0.05, 0.1) is 6.20 Å². The third-order valence-electron chi connectivity index (χ3n) is 2.13. The van der Waals surface area contributed by atoms with Crippen LogP contribution in [0.15, 0.2) is 18.6 Å². The van der Waals surface area contributed by atoms with Crippen molar-refractivity contribution in [2.24, 2.45) is 0 Å². The largest absolute Gasteiger partial charge is 0.236 e. The molecule has 0 radical (unpaired) electrons.